The second-order valence-corrected chi connectivity index (χ2v) is 4.50. The van der Waals surface area contributed by atoms with E-state index < -0.39 is 0 Å². The van der Waals surface area contributed by atoms with Crippen molar-refractivity contribution in [3.05, 3.63) is 60.2 Å². The Labute approximate surface area is 124 Å². The molecule has 1 atom stereocenters. The van der Waals surface area contributed by atoms with Crippen LogP contribution in [0, 0.1) is 11.3 Å². The Morgan fingerprint density at radius 3 is 2.57 bits per heavy atom. The SMILES string of the molecule is COCCNC(C#N)c1cccc(Oc2ccccc2)c1. The molecule has 4 nitrogen and oxygen atoms in total. The summed E-state index contributed by atoms with van der Waals surface area (Å²) >= 11 is 0. The quantitative estimate of drug-likeness (QED) is 0.792. The van der Waals surface area contributed by atoms with Gasteiger partial charge in [0.05, 0.1) is 12.7 Å². The van der Waals surface area contributed by atoms with Crippen molar-refractivity contribution in [2.75, 3.05) is 20.3 Å². The van der Waals surface area contributed by atoms with E-state index in [9.17, 15) is 5.26 Å². The third-order valence-electron chi connectivity index (χ3n) is 2.95. The number of benzene rings is 2. The van der Waals surface area contributed by atoms with Gasteiger partial charge in [0.15, 0.2) is 0 Å². The molecule has 0 amide bonds. The number of hydrogen-bond donors (Lipinski definition) is 1. The standard InChI is InChI=1S/C17H18N2O2/c1-20-11-10-19-17(13-18)14-6-5-9-16(12-14)21-15-7-3-2-4-8-15/h2-9,12,17,19H,10-11H2,1H3. The van der Waals surface area contributed by atoms with Crippen LogP contribution in [0.4, 0.5) is 0 Å². The molecule has 0 aliphatic heterocycles. The van der Waals surface area contributed by atoms with Gasteiger partial charge in [-0.1, -0.05) is 30.3 Å². The Morgan fingerprint density at radius 2 is 1.86 bits per heavy atom. The lowest BCUT2D eigenvalue weighted by Crippen LogP contribution is -2.23. The maximum absolute atomic E-state index is 9.27. The van der Waals surface area contributed by atoms with Gasteiger partial charge < -0.3 is 9.47 Å². The van der Waals surface area contributed by atoms with Gasteiger partial charge in [0.1, 0.15) is 17.5 Å². The Morgan fingerprint density at radius 1 is 1.10 bits per heavy atom. The maximum Gasteiger partial charge on any atom is 0.127 e. The largest absolute Gasteiger partial charge is 0.457 e. The van der Waals surface area contributed by atoms with Crippen LogP contribution >= 0.6 is 0 Å². The van der Waals surface area contributed by atoms with Crippen molar-refractivity contribution in [3.8, 4) is 17.6 Å². The van der Waals surface area contributed by atoms with E-state index in [1.807, 2.05) is 54.6 Å². The summed E-state index contributed by atoms with van der Waals surface area (Å²) in [6.45, 7) is 1.19. The molecule has 108 valence electrons. The van der Waals surface area contributed by atoms with Gasteiger partial charge >= 0.3 is 0 Å². The number of hydrogen-bond acceptors (Lipinski definition) is 4. The molecule has 2 aromatic rings. The van der Waals surface area contributed by atoms with E-state index in [4.69, 9.17) is 9.47 Å². The molecule has 0 heterocycles. The summed E-state index contributed by atoms with van der Waals surface area (Å²) in [7, 11) is 1.64. The van der Waals surface area contributed by atoms with Crippen LogP contribution in [-0.2, 0) is 4.74 Å². The lowest BCUT2D eigenvalue weighted by Gasteiger charge is -2.13. The molecule has 0 spiro atoms. The second kappa shape index (κ2) is 8.05. The van der Waals surface area contributed by atoms with Gasteiger partial charge in [-0.2, -0.15) is 5.26 Å². The van der Waals surface area contributed by atoms with Crippen LogP contribution in [0.5, 0.6) is 11.5 Å². The van der Waals surface area contributed by atoms with Crippen molar-refractivity contribution in [2.24, 2.45) is 0 Å². The van der Waals surface area contributed by atoms with E-state index in [0.717, 1.165) is 11.3 Å². The highest BCUT2D eigenvalue weighted by Gasteiger charge is 2.10. The Hall–Kier alpha value is -2.35. The number of para-hydroxylation sites is 1. The lowest BCUT2D eigenvalue weighted by molar-refractivity contribution is 0.198. The zero-order chi connectivity index (χ0) is 14.9. The topological polar surface area (TPSA) is 54.3 Å². The van der Waals surface area contributed by atoms with Gasteiger partial charge in [-0.25, -0.2) is 0 Å². The third-order valence-corrected chi connectivity index (χ3v) is 2.95. The maximum atomic E-state index is 9.27. The van der Waals surface area contributed by atoms with Crippen LogP contribution in [0.2, 0.25) is 0 Å². The average molecular weight is 282 g/mol. The molecular weight excluding hydrogens is 264 g/mol. The fourth-order valence-electron chi connectivity index (χ4n) is 1.93. The van der Waals surface area contributed by atoms with Gasteiger partial charge in [0.2, 0.25) is 0 Å². The van der Waals surface area contributed by atoms with Crippen LogP contribution in [0.25, 0.3) is 0 Å². The summed E-state index contributed by atoms with van der Waals surface area (Å²) in [4.78, 5) is 0. The average Bonchev–Trinajstić information content (AvgIpc) is 2.53. The van der Waals surface area contributed by atoms with Gasteiger partial charge in [-0.3, -0.25) is 5.32 Å². The molecule has 0 saturated carbocycles. The molecular formula is C17H18N2O2. The van der Waals surface area contributed by atoms with E-state index in [-0.39, 0.29) is 6.04 Å². The van der Waals surface area contributed by atoms with Gasteiger partial charge in [0.25, 0.3) is 0 Å². The fraction of sp³-hybridized carbons (Fsp3) is 0.235. The van der Waals surface area contributed by atoms with E-state index in [1.165, 1.54) is 0 Å². The van der Waals surface area contributed by atoms with Crippen molar-refractivity contribution >= 4 is 0 Å². The normalized spacial score (nSPS) is 11.6. The van der Waals surface area contributed by atoms with Gasteiger partial charge in [-0.15, -0.1) is 0 Å². The highest BCUT2D eigenvalue weighted by molar-refractivity contribution is 5.36. The number of rotatable bonds is 7. The molecule has 1 unspecified atom stereocenters. The molecule has 0 aliphatic carbocycles. The van der Waals surface area contributed by atoms with Crippen molar-refractivity contribution in [1.29, 1.82) is 5.26 Å². The molecule has 0 fully saturated rings. The van der Waals surface area contributed by atoms with E-state index in [1.54, 1.807) is 7.11 Å². The summed E-state index contributed by atoms with van der Waals surface area (Å²) in [6.07, 6.45) is 0. The highest BCUT2D eigenvalue weighted by Crippen LogP contribution is 2.24. The molecule has 1 N–H and O–H groups in total. The molecule has 0 aromatic heterocycles. The minimum absolute atomic E-state index is 0.375. The molecule has 21 heavy (non-hydrogen) atoms. The summed E-state index contributed by atoms with van der Waals surface area (Å²) in [5, 5.41) is 12.4. The number of nitrogens with one attached hydrogen (secondary N) is 1. The molecule has 0 bridgehead atoms. The predicted molar refractivity (Wildman–Crippen MR) is 81.2 cm³/mol. The van der Waals surface area contributed by atoms with Crippen molar-refractivity contribution < 1.29 is 9.47 Å². The first-order valence-corrected chi connectivity index (χ1v) is 6.78. The van der Waals surface area contributed by atoms with Crippen molar-refractivity contribution in [3.63, 3.8) is 0 Å². The van der Waals surface area contributed by atoms with Gasteiger partial charge in [0, 0.05) is 13.7 Å². The Kier molecular flexibility index (Phi) is 5.77. The summed E-state index contributed by atoms with van der Waals surface area (Å²) in [5.41, 5.74) is 0.877. The first kappa shape index (κ1) is 15.0. The highest BCUT2D eigenvalue weighted by atomic mass is 16.5. The molecule has 2 rings (SSSR count). The summed E-state index contributed by atoms with van der Waals surface area (Å²) < 4.78 is 10.8. The van der Waals surface area contributed by atoms with E-state index >= 15 is 0 Å². The molecule has 4 heteroatoms. The number of nitrogens with zero attached hydrogens (tertiary/aromatic N) is 1. The molecule has 0 radical (unpaired) electrons. The zero-order valence-corrected chi connectivity index (χ0v) is 12.0. The number of ether oxygens (including phenoxy) is 2. The molecule has 2 aromatic carbocycles. The first-order valence-electron chi connectivity index (χ1n) is 6.78. The Bertz CT molecular complexity index is 593. The molecule has 0 aliphatic rings. The first-order chi connectivity index (χ1) is 10.3. The minimum Gasteiger partial charge on any atom is -0.457 e. The monoisotopic (exact) mass is 282 g/mol. The van der Waals surface area contributed by atoms with Crippen LogP contribution in [0.3, 0.4) is 0 Å². The smallest absolute Gasteiger partial charge is 0.127 e. The fourth-order valence-corrected chi connectivity index (χ4v) is 1.93. The lowest BCUT2D eigenvalue weighted by atomic mass is 10.1. The van der Waals surface area contributed by atoms with E-state index in [0.29, 0.717) is 18.9 Å². The van der Waals surface area contributed by atoms with E-state index in [2.05, 4.69) is 11.4 Å². The van der Waals surface area contributed by atoms with Gasteiger partial charge in [-0.05, 0) is 29.8 Å². The number of nitriles is 1. The van der Waals surface area contributed by atoms with Crippen LogP contribution in [-0.4, -0.2) is 20.3 Å². The Balaban J connectivity index is 2.07. The van der Waals surface area contributed by atoms with Crippen LogP contribution in [0.15, 0.2) is 54.6 Å². The number of methoxy groups -OCH3 is 1. The van der Waals surface area contributed by atoms with Crippen LogP contribution in [0.1, 0.15) is 11.6 Å². The molecule has 0 saturated heterocycles. The zero-order valence-electron chi connectivity index (χ0n) is 12.0. The van der Waals surface area contributed by atoms with Crippen molar-refractivity contribution in [1.82, 2.24) is 5.32 Å². The minimum atomic E-state index is -0.375. The predicted octanol–water partition coefficient (Wildman–Crippen LogP) is 3.28. The third kappa shape index (κ3) is 4.60. The summed E-state index contributed by atoms with van der Waals surface area (Å²) in [5.74, 6) is 1.49. The second-order valence-electron chi connectivity index (χ2n) is 4.50. The van der Waals surface area contributed by atoms with Crippen LogP contribution < -0.4 is 10.1 Å². The summed E-state index contributed by atoms with van der Waals surface area (Å²) in [6, 6.07) is 19.0. The van der Waals surface area contributed by atoms with Crippen molar-refractivity contribution in [2.45, 2.75) is 6.04 Å².